The van der Waals surface area contributed by atoms with Crippen molar-refractivity contribution in [2.24, 2.45) is 0 Å². The second-order valence-electron chi connectivity index (χ2n) is 4.48. The fourth-order valence-electron chi connectivity index (χ4n) is 1.83. The minimum Gasteiger partial charge on any atom is -0.380 e. The van der Waals surface area contributed by atoms with Crippen LogP contribution in [0.5, 0.6) is 0 Å². The van der Waals surface area contributed by atoms with Crippen LogP contribution in [0, 0.1) is 0 Å². The van der Waals surface area contributed by atoms with Crippen LogP contribution < -0.4 is 4.72 Å². The van der Waals surface area contributed by atoms with Gasteiger partial charge in [0.1, 0.15) is 0 Å². The molecule has 3 N–H and O–H groups in total. The molecule has 0 radical (unpaired) electrons. The topological polar surface area (TPSA) is 78.8 Å². The van der Waals surface area contributed by atoms with Gasteiger partial charge in [0.25, 0.3) is 15.9 Å². The first-order valence-corrected chi connectivity index (χ1v) is 8.84. The Bertz CT molecular complexity index is 628. The van der Waals surface area contributed by atoms with E-state index in [9.17, 15) is 22.5 Å². The summed E-state index contributed by atoms with van der Waals surface area (Å²) in [7, 11) is 1.26. The zero-order chi connectivity index (χ0) is 18.9. The van der Waals surface area contributed by atoms with Crippen molar-refractivity contribution in [1.29, 1.82) is 0 Å². The molecule has 0 aliphatic carbocycles. The van der Waals surface area contributed by atoms with E-state index in [1.54, 1.807) is 0 Å². The number of hydrogen-bond acceptors (Lipinski definition) is 3. The van der Waals surface area contributed by atoms with E-state index in [1.165, 1.54) is 7.11 Å². The summed E-state index contributed by atoms with van der Waals surface area (Å²) < 4.78 is 64.1. The lowest BCUT2D eigenvalue weighted by atomic mass is 9.92. The number of rotatable bonds is 7. The Kier molecular flexibility index (Phi) is 7.25. The highest BCUT2D eigenvalue weighted by Gasteiger charge is 2.66. The van der Waals surface area contributed by atoms with Crippen molar-refractivity contribution >= 4 is 67.7 Å². The van der Waals surface area contributed by atoms with E-state index >= 15 is 0 Å². The highest BCUT2D eigenvalue weighted by Crippen LogP contribution is 2.54. The van der Waals surface area contributed by atoms with Gasteiger partial charge < -0.3 is 9.84 Å². The molecule has 5 nitrogen and oxygen atoms in total. The zero-order valence-corrected chi connectivity index (χ0v) is 16.3. The summed E-state index contributed by atoms with van der Waals surface area (Å²) in [6, 6.07) is 1.68. The van der Waals surface area contributed by atoms with E-state index in [2.05, 4.69) is 20.7 Å². The molecule has 0 amide bonds. The van der Waals surface area contributed by atoms with Crippen LogP contribution in [0.2, 0.25) is 0 Å². The number of ether oxygens (including phenoxy) is 1. The second-order valence-corrected chi connectivity index (χ2v) is 7.75. The molecule has 0 spiro atoms. The van der Waals surface area contributed by atoms with Crippen molar-refractivity contribution in [3.63, 3.8) is 0 Å². The fourth-order valence-corrected chi connectivity index (χ4v) is 3.77. The minimum absolute atomic E-state index is 0.0150. The Hall–Kier alpha value is 0.190. The van der Waals surface area contributed by atoms with Crippen LogP contribution in [0.1, 0.15) is 11.1 Å². The maximum absolute atomic E-state index is 13.9. The van der Waals surface area contributed by atoms with Gasteiger partial charge in [0.2, 0.25) is 5.60 Å². The number of nitrogens with one attached hydrogen (secondary N) is 1. The van der Waals surface area contributed by atoms with Gasteiger partial charge in [-0.1, -0.05) is 23.2 Å². The molecule has 24 heavy (non-hydrogen) atoms. The molecular weight excluding hydrogens is 485 g/mol. The van der Waals surface area contributed by atoms with Crippen LogP contribution in [0.3, 0.4) is 0 Å². The Morgan fingerprint density at radius 2 is 1.88 bits per heavy atom. The van der Waals surface area contributed by atoms with Crippen LogP contribution in [0.15, 0.2) is 16.6 Å². The number of methoxy groups -OCH3 is 1. The first kappa shape index (κ1) is 22.2. The largest absolute Gasteiger partial charge is 0.380 e. The van der Waals surface area contributed by atoms with Gasteiger partial charge in [0, 0.05) is 17.1 Å². The highest BCUT2D eigenvalue weighted by molar-refractivity contribution is 9.10. The average Bonchev–Trinajstić information content (AvgIpc) is 2.38. The summed E-state index contributed by atoms with van der Waals surface area (Å²) in [4.78, 5) is 0. The van der Waals surface area contributed by atoms with Crippen LogP contribution >= 0.6 is 50.7 Å². The number of anilines is 1. The summed E-state index contributed by atoms with van der Waals surface area (Å²) in [6.07, 6.45) is 0. The standard InChI is InChI=1S/C11H10BrCl3F3NO4S/c1-23-4-5-2-6(3-7(12)8(5)19-24(21)22)9(20,10(13,14)16)11(15,17)18/h2-3,19-20H,4H2,1H3,(H,21,22). The maximum atomic E-state index is 13.9. The SMILES string of the molecule is COCc1cc(C(O)(C(F)(F)Cl)C(F)(Cl)Cl)cc(Br)c1NS(=O)O. The van der Waals surface area contributed by atoms with Crippen LogP contribution in [-0.4, -0.2) is 30.9 Å². The molecule has 0 aliphatic heterocycles. The van der Waals surface area contributed by atoms with Crippen molar-refractivity contribution < 1.29 is 31.8 Å². The maximum Gasteiger partial charge on any atom is 0.359 e. The molecule has 13 heteroatoms. The number of halogens is 7. The number of alkyl halides is 6. The Morgan fingerprint density at radius 3 is 2.25 bits per heavy atom. The van der Waals surface area contributed by atoms with Crippen molar-refractivity contribution in [2.45, 2.75) is 22.2 Å². The normalized spacial score (nSPS) is 16.6. The van der Waals surface area contributed by atoms with E-state index in [-0.39, 0.29) is 22.3 Å². The van der Waals surface area contributed by atoms with Gasteiger partial charge in [0.15, 0.2) is 0 Å². The van der Waals surface area contributed by atoms with Crippen molar-refractivity contribution in [3.8, 4) is 0 Å². The molecule has 0 saturated heterocycles. The Balaban J connectivity index is 3.67. The van der Waals surface area contributed by atoms with Gasteiger partial charge in [-0.3, -0.25) is 9.27 Å². The first-order chi connectivity index (χ1) is 10.8. The molecule has 2 unspecified atom stereocenters. The van der Waals surface area contributed by atoms with E-state index in [4.69, 9.17) is 44.1 Å². The summed E-state index contributed by atoms with van der Waals surface area (Å²) in [5.74, 6) is 0. The molecule has 0 bridgehead atoms. The third-order valence-electron chi connectivity index (χ3n) is 2.90. The molecule has 2 atom stereocenters. The minimum atomic E-state index is -4.59. The highest BCUT2D eigenvalue weighted by atomic mass is 79.9. The lowest BCUT2D eigenvalue weighted by Gasteiger charge is -2.37. The Morgan fingerprint density at radius 1 is 1.33 bits per heavy atom. The quantitative estimate of drug-likeness (QED) is 0.390. The lowest BCUT2D eigenvalue weighted by molar-refractivity contribution is -0.164. The third-order valence-corrected chi connectivity index (χ3v) is 4.72. The smallest absolute Gasteiger partial charge is 0.359 e. The van der Waals surface area contributed by atoms with E-state index in [1.807, 2.05) is 0 Å². The van der Waals surface area contributed by atoms with Gasteiger partial charge in [-0.2, -0.15) is 8.78 Å². The van der Waals surface area contributed by atoms with Crippen molar-refractivity contribution in [3.05, 3.63) is 27.7 Å². The molecule has 0 aliphatic rings. The van der Waals surface area contributed by atoms with E-state index in [0.29, 0.717) is 0 Å². The summed E-state index contributed by atoms with van der Waals surface area (Å²) >= 11 is 15.5. The fraction of sp³-hybridized carbons (Fsp3) is 0.455. The molecule has 0 aromatic heterocycles. The summed E-state index contributed by atoms with van der Waals surface area (Å²) in [5.41, 5.74) is -4.62. The van der Waals surface area contributed by atoms with Gasteiger partial charge in [-0.15, -0.1) is 0 Å². The number of benzene rings is 1. The summed E-state index contributed by atoms with van der Waals surface area (Å²) in [5, 5.41) is 5.54. The third kappa shape index (κ3) is 4.47. The van der Waals surface area contributed by atoms with E-state index < -0.39 is 32.4 Å². The van der Waals surface area contributed by atoms with Crippen LogP contribution in [-0.2, 0) is 28.2 Å². The van der Waals surface area contributed by atoms with Crippen molar-refractivity contribution in [2.75, 3.05) is 11.8 Å². The molecule has 138 valence electrons. The molecule has 1 rings (SSSR count). The van der Waals surface area contributed by atoms with Gasteiger partial charge in [-0.25, -0.2) is 8.60 Å². The summed E-state index contributed by atoms with van der Waals surface area (Å²) in [6.45, 7) is -0.250. The number of aliphatic hydroxyl groups is 1. The molecule has 0 fully saturated rings. The predicted octanol–water partition coefficient (Wildman–Crippen LogP) is 4.26. The van der Waals surface area contributed by atoms with Gasteiger partial charge in [0.05, 0.1) is 12.3 Å². The predicted molar refractivity (Wildman–Crippen MR) is 89.5 cm³/mol. The monoisotopic (exact) mass is 493 g/mol. The zero-order valence-electron chi connectivity index (χ0n) is 11.6. The molecule has 0 saturated carbocycles. The number of hydrogen-bond donors (Lipinski definition) is 3. The molecule has 1 aromatic carbocycles. The molecule has 1 aromatic rings. The second kappa shape index (κ2) is 7.83. The average molecular weight is 496 g/mol. The molecular formula is C11H10BrCl3F3NO4S. The first-order valence-electron chi connectivity index (χ1n) is 5.81. The van der Waals surface area contributed by atoms with Gasteiger partial charge >= 0.3 is 5.38 Å². The molecule has 0 heterocycles. The van der Waals surface area contributed by atoms with Crippen LogP contribution in [0.25, 0.3) is 0 Å². The lowest BCUT2D eigenvalue weighted by Crippen LogP contribution is -2.52. The van der Waals surface area contributed by atoms with E-state index in [0.717, 1.165) is 12.1 Å². The van der Waals surface area contributed by atoms with Crippen molar-refractivity contribution in [1.82, 2.24) is 0 Å². The van der Waals surface area contributed by atoms with Gasteiger partial charge in [-0.05, 0) is 45.2 Å². The Labute approximate surface area is 161 Å². The van der Waals surface area contributed by atoms with Crippen LogP contribution in [0.4, 0.5) is 18.9 Å².